The van der Waals surface area contributed by atoms with Gasteiger partial charge in [-0.05, 0) is 18.1 Å². The molecule has 1 fully saturated rings. The van der Waals surface area contributed by atoms with Gasteiger partial charge in [0.25, 0.3) is 0 Å². The van der Waals surface area contributed by atoms with Crippen LogP contribution in [0.15, 0.2) is 15.9 Å². The van der Waals surface area contributed by atoms with E-state index in [1.54, 1.807) is 18.0 Å². The van der Waals surface area contributed by atoms with Crippen LogP contribution in [0.3, 0.4) is 0 Å². The maximum absolute atomic E-state index is 11.3. The molecule has 0 aromatic carbocycles. The molecule has 0 radical (unpaired) electrons. The summed E-state index contributed by atoms with van der Waals surface area (Å²) in [6.07, 6.45) is 9.42. The Balaban J connectivity index is 2.11. The Hall–Kier alpha value is -0.770. The van der Waals surface area contributed by atoms with E-state index in [1.807, 2.05) is 0 Å². The van der Waals surface area contributed by atoms with Crippen LogP contribution in [0, 0.1) is 5.92 Å². The lowest BCUT2D eigenvalue weighted by atomic mass is 9.86. The van der Waals surface area contributed by atoms with E-state index >= 15 is 0 Å². The fourth-order valence-corrected chi connectivity index (χ4v) is 3.28. The van der Waals surface area contributed by atoms with Crippen LogP contribution in [0.1, 0.15) is 44.7 Å². The summed E-state index contributed by atoms with van der Waals surface area (Å²) < 4.78 is 0. The molecule has 1 aliphatic rings. The Morgan fingerprint density at radius 3 is 2.88 bits per heavy atom. The van der Waals surface area contributed by atoms with Crippen LogP contribution >= 0.6 is 11.8 Å². The van der Waals surface area contributed by atoms with Crippen LogP contribution in [-0.4, -0.2) is 15.7 Å². The summed E-state index contributed by atoms with van der Waals surface area (Å²) in [7, 11) is 0. The number of hydrogen-bond donors (Lipinski definition) is 1. The van der Waals surface area contributed by atoms with Gasteiger partial charge >= 0.3 is 5.69 Å². The van der Waals surface area contributed by atoms with Crippen molar-refractivity contribution in [1.29, 1.82) is 0 Å². The zero-order valence-corrected chi connectivity index (χ0v) is 11.2. The van der Waals surface area contributed by atoms with Crippen molar-refractivity contribution in [3.05, 3.63) is 22.4 Å². The maximum Gasteiger partial charge on any atom is 0.345 e. The molecule has 0 unspecified atom stereocenters. The first-order valence-corrected chi connectivity index (χ1v) is 7.49. The smallest absolute Gasteiger partial charge is 0.309 e. The van der Waals surface area contributed by atoms with Crippen LogP contribution in [0.5, 0.6) is 0 Å². The summed E-state index contributed by atoms with van der Waals surface area (Å²) in [5.74, 6) is 1.77. The van der Waals surface area contributed by atoms with Crippen molar-refractivity contribution in [2.75, 3.05) is 5.75 Å². The van der Waals surface area contributed by atoms with Gasteiger partial charge in [0.15, 0.2) is 0 Å². The number of hydrogen-bond acceptors (Lipinski definition) is 3. The van der Waals surface area contributed by atoms with Gasteiger partial charge in [0.1, 0.15) is 0 Å². The van der Waals surface area contributed by atoms with Crippen molar-refractivity contribution in [2.45, 2.75) is 50.3 Å². The van der Waals surface area contributed by atoms with E-state index in [1.165, 1.54) is 32.1 Å². The van der Waals surface area contributed by atoms with Gasteiger partial charge in [0, 0.05) is 16.8 Å². The van der Waals surface area contributed by atoms with E-state index < -0.39 is 0 Å². The molecule has 0 spiro atoms. The first-order valence-electron chi connectivity index (χ1n) is 6.50. The number of nitrogens with zero attached hydrogens (tertiary/aromatic N) is 1. The second kappa shape index (κ2) is 6.24. The lowest BCUT2D eigenvalue weighted by molar-refractivity contribution is 0.352. The van der Waals surface area contributed by atoms with E-state index in [-0.39, 0.29) is 5.69 Å². The van der Waals surface area contributed by atoms with E-state index in [0.717, 1.165) is 28.7 Å². The van der Waals surface area contributed by atoms with Crippen LogP contribution in [-0.2, 0) is 6.42 Å². The fraction of sp³-hybridized carbons (Fsp3) is 0.692. The van der Waals surface area contributed by atoms with Gasteiger partial charge in [-0.25, -0.2) is 9.78 Å². The minimum atomic E-state index is -0.212. The lowest BCUT2D eigenvalue weighted by Gasteiger charge is -2.22. The summed E-state index contributed by atoms with van der Waals surface area (Å²) in [5.41, 5.74) is 0.889. The van der Waals surface area contributed by atoms with Crippen LogP contribution in [0.2, 0.25) is 0 Å². The number of nitrogens with one attached hydrogen (secondary N) is 1. The molecule has 0 bridgehead atoms. The predicted molar refractivity (Wildman–Crippen MR) is 71.5 cm³/mol. The molecule has 1 heterocycles. The molecule has 0 atom stereocenters. The molecule has 17 heavy (non-hydrogen) atoms. The summed E-state index contributed by atoms with van der Waals surface area (Å²) >= 11 is 1.77. The van der Waals surface area contributed by atoms with E-state index in [0.29, 0.717) is 0 Å². The van der Waals surface area contributed by atoms with Crippen molar-refractivity contribution in [3.63, 3.8) is 0 Å². The van der Waals surface area contributed by atoms with E-state index in [4.69, 9.17) is 0 Å². The standard InChI is InChI=1S/C13H20N2OS/c1-2-17-12-9-14-13(16)15-11(12)8-10-6-4-3-5-7-10/h9-10H,2-8H2,1H3,(H,14,15,16). The molecule has 0 amide bonds. The average Bonchev–Trinajstić information content (AvgIpc) is 2.34. The second-order valence-corrected chi connectivity index (χ2v) is 5.98. The summed E-state index contributed by atoms with van der Waals surface area (Å²) in [6, 6.07) is 0. The lowest BCUT2D eigenvalue weighted by Crippen LogP contribution is -2.17. The number of rotatable bonds is 4. The zero-order chi connectivity index (χ0) is 12.1. The van der Waals surface area contributed by atoms with Crippen LogP contribution in [0.4, 0.5) is 0 Å². The van der Waals surface area contributed by atoms with Gasteiger partial charge in [0.2, 0.25) is 0 Å². The summed E-state index contributed by atoms with van der Waals surface area (Å²) in [4.78, 5) is 19.2. The van der Waals surface area contributed by atoms with Crippen LogP contribution in [0.25, 0.3) is 0 Å². The number of H-pyrrole nitrogens is 1. The third-order valence-corrected chi connectivity index (χ3v) is 4.32. The molecular weight excluding hydrogens is 232 g/mol. The minimum absolute atomic E-state index is 0.212. The molecule has 3 nitrogen and oxygen atoms in total. The van der Waals surface area contributed by atoms with Gasteiger partial charge < -0.3 is 4.98 Å². The highest BCUT2D eigenvalue weighted by Gasteiger charge is 2.16. The molecular formula is C13H20N2OS. The molecule has 1 aliphatic carbocycles. The molecule has 2 rings (SSSR count). The van der Waals surface area contributed by atoms with Gasteiger partial charge in [-0.15, -0.1) is 11.8 Å². The first kappa shape index (κ1) is 12.7. The van der Waals surface area contributed by atoms with Gasteiger partial charge in [-0.2, -0.15) is 0 Å². The quantitative estimate of drug-likeness (QED) is 0.838. The Kier molecular flexibility index (Phi) is 4.66. The molecule has 4 heteroatoms. The fourth-order valence-electron chi connectivity index (χ4n) is 2.53. The number of thioether (sulfide) groups is 1. The molecule has 0 saturated heterocycles. The molecule has 1 aromatic rings. The molecule has 1 N–H and O–H groups in total. The van der Waals surface area contributed by atoms with Gasteiger partial charge in [0.05, 0.1) is 0 Å². The Bertz CT molecular complexity index is 410. The highest BCUT2D eigenvalue weighted by Crippen LogP contribution is 2.29. The van der Waals surface area contributed by atoms with E-state index in [2.05, 4.69) is 16.9 Å². The molecule has 1 aromatic heterocycles. The molecule has 1 saturated carbocycles. The third-order valence-electron chi connectivity index (χ3n) is 3.37. The molecule has 94 valence electrons. The van der Waals surface area contributed by atoms with E-state index in [9.17, 15) is 4.79 Å². The second-order valence-electron chi connectivity index (χ2n) is 4.67. The van der Waals surface area contributed by atoms with Crippen molar-refractivity contribution in [3.8, 4) is 0 Å². The minimum Gasteiger partial charge on any atom is -0.309 e. The van der Waals surface area contributed by atoms with Crippen molar-refractivity contribution in [2.24, 2.45) is 5.92 Å². The summed E-state index contributed by atoms with van der Waals surface area (Å²) in [5, 5.41) is 0. The highest BCUT2D eigenvalue weighted by atomic mass is 32.2. The van der Waals surface area contributed by atoms with Crippen molar-refractivity contribution >= 4 is 11.8 Å². The SMILES string of the molecule is CCSc1cnc(=O)[nH]c1CC1CCCCC1. The number of aromatic nitrogens is 2. The normalized spacial score (nSPS) is 17.2. The van der Waals surface area contributed by atoms with Gasteiger partial charge in [-0.3, -0.25) is 0 Å². The number of aromatic amines is 1. The largest absolute Gasteiger partial charge is 0.345 e. The Labute approximate surface area is 106 Å². The van der Waals surface area contributed by atoms with Crippen molar-refractivity contribution in [1.82, 2.24) is 9.97 Å². The maximum atomic E-state index is 11.3. The molecule has 0 aliphatic heterocycles. The first-order chi connectivity index (χ1) is 8.29. The highest BCUT2D eigenvalue weighted by molar-refractivity contribution is 7.99. The Morgan fingerprint density at radius 1 is 1.41 bits per heavy atom. The third kappa shape index (κ3) is 3.60. The van der Waals surface area contributed by atoms with Crippen molar-refractivity contribution < 1.29 is 0 Å². The summed E-state index contributed by atoms with van der Waals surface area (Å²) in [6.45, 7) is 2.13. The predicted octanol–water partition coefficient (Wildman–Crippen LogP) is 3.00. The van der Waals surface area contributed by atoms with Gasteiger partial charge in [-0.1, -0.05) is 39.0 Å². The zero-order valence-electron chi connectivity index (χ0n) is 10.4. The average molecular weight is 252 g/mol. The monoisotopic (exact) mass is 252 g/mol. The van der Waals surface area contributed by atoms with Crippen LogP contribution < -0.4 is 5.69 Å². The topological polar surface area (TPSA) is 45.8 Å². The Morgan fingerprint density at radius 2 is 2.18 bits per heavy atom.